The Bertz CT molecular complexity index is 1580. The molecule has 0 aromatic heterocycles. The van der Waals surface area contributed by atoms with Crippen LogP contribution in [0.3, 0.4) is 0 Å². The Balaban J connectivity index is 1.44. The van der Waals surface area contributed by atoms with E-state index in [1.807, 2.05) is 0 Å². The van der Waals surface area contributed by atoms with Gasteiger partial charge in [0.2, 0.25) is 0 Å². The molecule has 1 aliphatic heterocycles. The first-order valence-electron chi connectivity index (χ1n) is 14.6. The van der Waals surface area contributed by atoms with Crippen LogP contribution in [0.4, 0.5) is 0 Å². The highest BCUT2D eigenvalue weighted by atomic mass is 16.6. The van der Waals surface area contributed by atoms with Crippen LogP contribution in [0.5, 0.6) is 0 Å². The maximum Gasteiger partial charge on any atom is 0.338 e. The Morgan fingerprint density at radius 2 is 0.867 bits per heavy atom. The largest absolute Gasteiger partial charge is 0.462 e. The highest BCUT2D eigenvalue weighted by molar-refractivity contribution is 6.11. The number of hydrogen-bond acceptors (Lipinski definition) is 9. The third-order valence-electron chi connectivity index (χ3n) is 7.27. The summed E-state index contributed by atoms with van der Waals surface area (Å²) in [6, 6.07) is 32.7. The van der Waals surface area contributed by atoms with Crippen LogP contribution in [0.25, 0.3) is 0 Å². The van der Waals surface area contributed by atoms with Crippen LogP contribution in [0.2, 0.25) is 0 Å². The van der Waals surface area contributed by atoms with Gasteiger partial charge in [-0.25, -0.2) is 19.2 Å². The lowest BCUT2D eigenvalue weighted by Crippen LogP contribution is -2.61. The van der Waals surface area contributed by atoms with Crippen molar-refractivity contribution in [1.82, 2.24) is 0 Å². The molecule has 0 spiro atoms. The first kappa shape index (κ1) is 31.2. The molecule has 5 rings (SSSR count). The fraction of sp³-hybridized carbons (Fsp3) is 0.200. The summed E-state index contributed by atoms with van der Waals surface area (Å²) >= 11 is 0. The second-order valence-corrected chi connectivity index (χ2v) is 10.4. The molecule has 1 saturated heterocycles. The minimum Gasteiger partial charge on any atom is -0.462 e. The van der Waals surface area contributed by atoms with E-state index < -0.39 is 54.3 Å². The van der Waals surface area contributed by atoms with Gasteiger partial charge in [0, 0.05) is 6.42 Å². The van der Waals surface area contributed by atoms with Crippen molar-refractivity contribution in [3.63, 3.8) is 0 Å². The van der Waals surface area contributed by atoms with E-state index in [1.54, 1.807) is 129 Å². The van der Waals surface area contributed by atoms with E-state index in [0.717, 1.165) is 0 Å². The fourth-order valence-corrected chi connectivity index (χ4v) is 4.99. The molecular weight excluding hydrogens is 575 g/mol. The molecule has 228 valence electrons. The molecule has 4 aromatic carbocycles. The van der Waals surface area contributed by atoms with Crippen molar-refractivity contribution in [3.8, 4) is 0 Å². The Kier molecular flexibility index (Phi) is 10.4. The van der Waals surface area contributed by atoms with Crippen molar-refractivity contribution in [2.75, 3.05) is 6.61 Å². The number of carbonyl (C=O) groups excluding carboxylic acids is 4. The number of hydrogen-bond donors (Lipinski definition) is 0. The van der Waals surface area contributed by atoms with Crippen molar-refractivity contribution in [2.45, 2.75) is 36.8 Å². The highest BCUT2D eigenvalue weighted by Gasteiger charge is 2.50. The molecule has 1 aliphatic rings. The zero-order chi connectivity index (χ0) is 31.6. The number of benzene rings is 4. The first-order valence-corrected chi connectivity index (χ1v) is 14.6. The van der Waals surface area contributed by atoms with Gasteiger partial charge in [-0.05, 0) is 48.5 Å². The number of carbonyl (C=O) groups is 4. The van der Waals surface area contributed by atoms with Crippen molar-refractivity contribution < 1.29 is 42.9 Å². The van der Waals surface area contributed by atoms with Crippen LogP contribution in [-0.4, -0.2) is 68.7 Å². The second kappa shape index (κ2) is 15.0. The van der Waals surface area contributed by atoms with Gasteiger partial charge in [-0.3, -0.25) is 0 Å². The summed E-state index contributed by atoms with van der Waals surface area (Å²) in [5, 5.41) is 0. The van der Waals surface area contributed by atoms with E-state index in [4.69, 9.17) is 23.7 Å². The summed E-state index contributed by atoms with van der Waals surface area (Å²) in [5.41, 5.74) is 1.18. The number of esters is 4. The van der Waals surface area contributed by atoms with Gasteiger partial charge in [-0.2, -0.15) is 0 Å². The Hall–Kier alpha value is -5.22. The molecule has 9 nitrogen and oxygen atoms in total. The third-order valence-corrected chi connectivity index (χ3v) is 7.27. The fourth-order valence-electron chi connectivity index (χ4n) is 4.99. The topological polar surface area (TPSA) is 114 Å². The van der Waals surface area contributed by atoms with Gasteiger partial charge in [0.15, 0.2) is 18.3 Å². The van der Waals surface area contributed by atoms with Gasteiger partial charge in [0.1, 0.15) is 14.0 Å². The van der Waals surface area contributed by atoms with Crippen LogP contribution in [0.1, 0.15) is 47.9 Å². The molecule has 5 atom stereocenters. The smallest absolute Gasteiger partial charge is 0.338 e. The molecule has 10 heteroatoms. The lowest BCUT2D eigenvalue weighted by Gasteiger charge is -2.44. The minimum atomic E-state index is -1.27. The lowest BCUT2D eigenvalue weighted by atomic mass is 9.83. The van der Waals surface area contributed by atoms with Gasteiger partial charge < -0.3 is 23.7 Å². The molecule has 1 heterocycles. The predicted molar refractivity (Wildman–Crippen MR) is 165 cm³/mol. The molecule has 0 aliphatic carbocycles. The molecule has 45 heavy (non-hydrogen) atoms. The standard InChI is InChI=1S/C35H31BO9/c36-31-30(45-35(40)26-19-11-4-12-20-26)29(44-34(39)25-17-9-3-10-18-25)28(43-33(38)24-15-7-2-8-16-24)27(42-31)21-22-41-32(37)23-13-5-1-6-14-23/h1-20,27-31H,21-22,36H2/t27-,28-,29+,30-,31+/m1/s1. The van der Waals surface area contributed by atoms with Crippen LogP contribution >= 0.6 is 0 Å². The monoisotopic (exact) mass is 606 g/mol. The summed E-state index contributed by atoms with van der Waals surface area (Å²) in [6.07, 6.45) is -4.45. The van der Waals surface area contributed by atoms with Crippen LogP contribution in [0, 0.1) is 0 Å². The van der Waals surface area contributed by atoms with Crippen LogP contribution in [-0.2, 0) is 23.7 Å². The molecule has 0 amide bonds. The average Bonchev–Trinajstić information content (AvgIpc) is 3.09. The summed E-state index contributed by atoms with van der Waals surface area (Å²) in [7, 11) is 1.67. The second-order valence-electron chi connectivity index (χ2n) is 10.4. The minimum absolute atomic E-state index is 0.0850. The summed E-state index contributed by atoms with van der Waals surface area (Å²) in [5.74, 6) is -2.59. The third kappa shape index (κ3) is 8.04. The SMILES string of the molecule is B[C@H]1O[C@H](CCOC(=O)c2ccccc2)[C@@H](OC(=O)c2ccccc2)[C@H](OC(=O)c2ccccc2)[C@H]1OC(=O)c1ccccc1. The molecule has 0 unspecified atom stereocenters. The maximum atomic E-state index is 13.4. The number of ether oxygens (including phenoxy) is 5. The zero-order valence-corrected chi connectivity index (χ0v) is 24.5. The van der Waals surface area contributed by atoms with Crippen molar-refractivity contribution >= 4 is 31.7 Å². The molecular formula is C35H31BO9. The van der Waals surface area contributed by atoms with E-state index in [1.165, 1.54) is 0 Å². The summed E-state index contributed by atoms with van der Waals surface area (Å²) in [6.45, 7) is -0.0850. The van der Waals surface area contributed by atoms with Gasteiger partial charge in [0.25, 0.3) is 0 Å². The van der Waals surface area contributed by atoms with Gasteiger partial charge in [-0.15, -0.1) is 0 Å². The molecule has 0 radical (unpaired) electrons. The predicted octanol–water partition coefficient (Wildman–Crippen LogP) is 4.27. The summed E-state index contributed by atoms with van der Waals surface area (Å²) < 4.78 is 29.6. The first-order chi connectivity index (χ1) is 21.9. The van der Waals surface area contributed by atoms with E-state index in [-0.39, 0.29) is 29.7 Å². The van der Waals surface area contributed by atoms with Crippen molar-refractivity contribution in [1.29, 1.82) is 0 Å². The van der Waals surface area contributed by atoms with Crippen molar-refractivity contribution in [3.05, 3.63) is 144 Å². The highest BCUT2D eigenvalue weighted by Crippen LogP contribution is 2.31. The van der Waals surface area contributed by atoms with E-state index in [9.17, 15) is 19.2 Å². The van der Waals surface area contributed by atoms with Crippen LogP contribution < -0.4 is 0 Å². The quantitative estimate of drug-likeness (QED) is 0.148. The van der Waals surface area contributed by atoms with Gasteiger partial charge >= 0.3 is 23.9 Å². The van der Waals surface area contributed by atoms with E-state index in [2.05, 4.69) is 0 Å². The lowest BCUT2D eigenvalue weighted by molar-refractivity contribution is -0.204. The Morgan fingerprint density at radius 1 is 0.511 bits per heavy atom. The van der Waals surface area contributed by atoms with Gasteiger partial charge in [-0.1, -0.05) is 72.8 Å². The average molecular weight is 606 g/mol. The number of rotatable bonds is 10. The van der Waals surface area contributed by atoms with E-state index in [0.29, 0.717) is 5.56 Å². The Labute approximate surface area is 261 Å². The maximum absolute atomic E-state index is 13.4. The van der Waals surface area contributed by atoms with Crippen molar-refractivity contribution in [2.24, 2.45) is 0 Å². The zero-order valence-electron chi connectivity index (χ0n) is 24.5. The van der Waals surface area contributed by atoms with Crippen LogP contribution in [0.15, 0.2) is 121 Å². The molecule has 0 N–H and O–H groups in total. The molecule has 4 aromatic rings. The summed E-state index contributed by atoms with van der Waals surface area (Å²) in [4.78, 5) is 52.5. The normalized spacial score (nSPS) is 20.8. The molecule has 0 bridgehead atoms. The van der Waals surface area contributed by atoms with Gasteiger partial charge in [0.05, 0.1) is 34.9 Å². The van der Waals surface area contributed by atoms with E-state index >= 15 is 0 Å². The molecule has 0 saturated carbocycles. The Morgan fingerprint density at radius 3 is 1.29 bits per heavy atom. The molecule has 1 fully saturated rings.